The number of fused-ring (bicyclic) bond motifs is 2. The second-order valence-corrected chi connectivity index (χ2v) is 8.29. The van der Waals surface area contributed by atoms with Gasteiger partial charge in [0.05, 0.1) is 0 Å². The van der Waals surface area contributed by atoms with E-state index < -0.39 is 0 Å². The number of carbonyl (C=O) groups is 2. The summed E-state index contributed by atoms with van der Waals surface area (Å²) in [7, 11) is 0. The van der Waals surface area contributed by atoms with Crippen LogP contribution in [0.15, 0.2) is 6.33 Å². The largest absolute Gasteiger partial charge is 0.341 e. The first-order valence-electron chi connectivity index (χ1n) is 10.4. The van der Waals surface area contributed by atoms with Gasteiger partial charge in [0.15, 0.2) is 0 Å². The lowest BCUT2D eigenvalue weighted by atomic mass is 9.89. The van der Waals surface area contributed by atoms with E-state index in [1.807, 2.05) is 4.90 Å². The molecule has 0 saturated carbocycles. The molecule has 3 saturated heterocycles. The van der Waals surface area contributed by atoms with Crippen LogP contribution in [0.4, 0.5) is 5.95 Å². The average molecular weight is 374 g/mol. The molecule has 1 aromatic rings. The molecule has 1 aromatic heterocycles. The number of carbonyl (C=O) groups excluding carboxylic acids is 2. The summed E-state index contributed by atoms with van der Waals surface area (Å²) in [5, 5.41) is 10.7. The number of rotatable bonds is 5. The molecule has 3 fully saturated rings. The van der Waals surface area contributed by atoms with Gasteiger partial charge in [-0.25, -0.2) is 9.67 Å². The van der Waals surface area contributed by atoms with Crippen molar-refractivity contribution in [2.75, 3.05) is 18.4 Å². The first kappa shape index (κ1) is 18.4. The Labute approximate surface area is 160 Å². The molecule has 0 spiro atoms. The number of hydrogen-bond donors (Lipinski definition) is 2. The second-order valence-electron chi connectivity index (χ2n) is 8.29. The standard InChI is InChI=1S/C19H30N6O2/c26-17(11-14-9-15-5-6-16(10-14)21-15)22-19-20-13-25(23-19)12-18(27)24-7-3-1-2-4-8-24/h13-16,21H,1-12H2,(H,22,23,26). The number of amides is 2. The average Bonchev–Trinajstić information content (AvgIpc) is 3.09. The van der Waals surface area contributed by atoms with E-state index in [9.17, 15) is 9.59 Å². The smallest absolute Gasteiger partial charge is 0.248 e. The number of piperidine rings is 1. The third-order valence-corrected chi connectivity index (χ3v) is 6.09. The number of nitrogens with one attached hydrogen (secondary N) is 2. The molecule has 3 aliphatic heterocycles. The Morgan fingerprint density at radius 2 is 1.81 bits per heavy atom. The zero-order valence-corrected chi connectivity index (χ0v) is 15.9. The molecule has 2 N–H and O–H groups in total. The molecule has 4 rings (SSSR count). The molecule has 2 unspecified atom stereocenters. The molecule has 8 heteroatoms. The number of anilines is 1. The van der Waals surface area contributed by atoms with Crippen LogP contribution in [0.25, 0.3) is 0 Å². The van der Waals surface area contributed by atoms with E-state index in [1.165, 1.54) is 36.7 Å². The maximum absolute atomic E-state index is 12.4. The van der Waals surface area contributed by atoms with Crippen LogP contribution in [-0.2, 0) is 16.1 Å². The van der Waals surface area contributed by atoms with Crippen molar-refractivity contribution in [3.8, 4) is 0 Å². The van der Waals surface area contributed by atoms with Crippen molar-refractivity contribution in [2.24, 2.45) is 5.92 Å². The maximum Gasteiger partial charge on any atom is 0.248 e. The number of hydrogen-bond acceptors (Lipinski definition) is 5. The van der Waals surface area contributed by atoms with E-state index in [4.69, 9.17) is 0 Å². The van der Waals surface area contributed by atoms with Crippen LogP contribution in [0.2, 0.25) is 0 Å². The summed E-state index contributed by atoms with van der Waals surface area (Å²) in [6.07, 6.45) is 11.2. The monoisotopic (exact) mass is 374 g/mol. The first-order valence-corrected chi connectivity index (χ1v) is 10.4. The molecule has 0 aromatic carbocycles. The van der Waals surface area contributed by atoms with Crippen molar-refractivity contribution in [3.05, 3.63) is 6.33 Å². The van der Waals surface area contributed by atoms with E-state index in [1.54, 1.807) is 0 Å². The lowest BCUT2D eigenvalue weighted by Gasteiger charge is -2.28. The third-order valence-electron chi connectivity index (χ3n) is 6.09. The molecule has 148 valence electrons. The second kappa shape index (κ2) is 8.37. The van der Waals surface area contributed by atoms with Crippen molar-refractivity contribution in [1.82, 2.24) is 25.0 Å². The predicted octanol–water partition coefficient (Wildman–Crippen LogP) is 1.54. The quantitative estimate of drug-likeness (QED) is 0.816. The van der Waals surface area contributed by atoms with Crippen LogP contribution in [-0.4, -0.2) is 56.7 Å². The topological polar surface area (TPSA) is 92.2 Å². The van der Waals surface area contributed by atoms with Crippen molar-refractivity contribution < 1.29 is 9.59 Å². The van der Waals surface area contributed by atoms with E-state index in [0.717, 1.165) is 38.8 Å². The minimum atomic E-state index is -0.0297. The van der Waals surface area contributed by atoms with Gasteiger partial charge in [-0.2, -0.15) is 0 Å². The Bertz CT molecular complexity index is 655. The minimum absolute atomic E-state index is 0.0297. The van der Waals surface area contributed by atoms with Gasteiger partial charge in [-0.1, -0.05) is 12.8 Å². The summed E-state index contributed by atoms with van der Waals surface area (Å²) in [6.45, 7) is 1.84. The summed E-state index contributed by atoms with van der Waals surface area (Å²) < 4.78 is 1.52. The van der Waals surface area contributed by atoms with E-state index in [-0.39, 0.29) is 18.4 Å². The van der Waals surface area contributed by atoms with Crippen LogP contribution in [0.1, 0.15) is 57.8 Å². The Hall–Kier alpha value is -1.96. The number of likely N-dealkylation sites (tertiary alicyclic amines) is 1. The molecule has 2 bridgehead atoms. The fourth-order valence-corrected chi connectivity index (χ4v) is 4.77. The highest BCUT2D eigenvalue weighted by molar-refractivity contribution is 5.89. The van der Waals surface area contributed by atoms with Gasteiger partial charge >= 0.3 is 0 Å². The zero-order chi connectivity index (χ0) is 18.6. The molecule has 2 amide bonds. The highest BCUT2D eigenvalue weighted by Crippen LogP contribution is 2.32. The summed E-state index contributed by atoms with van der Waals surface area (Å²) in [4.78, 5) is 30.8. The van der Waals surface area contributed by atoms with Gasteiger partial charge in [-0.15, -0.1) is 5.10 Å². The fourth-order valence-electron chi connectivity index (χ4n) is 4.77. The molecule has 2 atom stereocenters. The van der Waals surface area contributed by atoms with Crippen LogP contribution in [0.5, 0.6) is 0 Å². The van der Waals surface area contributed by atoms with Gasteiger partial charge < -0.3 is 10.2 Å². The van der Waals surface area contributed by atoms with Crippen molar-refractivity contribution in [2.45, 2.75) is 76.4 Å². The minimum Gasteiger partial charge on any atom is -0.341 e. The van der Waals surface area contributed by atoms with Crippen LogP contribution >= 0.6 is 0 Å². The molecule has 3 aliphatic rings. The molecule has 27 heavy (non-hydrogen) atoms. The van der Waals surface area contributed by atoms with Crippen LogP contribution in [0, 0.1) is 5.92 Å². The van der Waals surface area contributed by atoms with Gasteiger partial charge in [0.1, 0.15) is 12.9 Å². The summed E-state index contributed by atoms with van der Waals surface area (Å²) in [6, 6.07) is 1.17. The van der Waals surface area contributed by atoms with Crippen molar-refractivity contribution in [3.63, 3.8) is 0 Å². The highest BCUT2D eigenvalue weighted by Gasteiger charge is 2.34. The Morgan fingerprint density at radius 3 is 2.52 bits per heavy atom. The lowest BCUT2D eigenvalue weighted by Crippen LogP contribution is -2.39. The summed E-state index contributed by atoms with van der Waals surface area (Å²) in [5.74, 6) is 0.777. The van der Waals surface area contributed by atoms with E-state index >= 15 is 0 Å². The van der Waals surface area contributed by atoms with Gasteiger partial charge in [0.2, 0.25) is 17.8 Å². The Morgan fingerprint density at radius 1 is 1.11 bits per heavy atom. The predicted molar refractivity (Wildman–Crippen MR) is 101 cm³/mol. The Kier molecular flexibility index (Phi) is 5.71. The van der Waals surface area contributed by atoms with E-state index in [2.05, 4.69) is 20.7 Å². The Balaban J connectivity index is 1.25. The molecule has 8 nitrogen and oxygen atoms in total. The molecule has 0 aliphatic carbocycles. The molecular weight excluding hydrogens is 344 g/mol. The van der Waals surface area contributed by atoms with Gasteiger partial charge in [0.25, 0.3) is 0 Å². The maximum atomic E-state index is 12.4. The fraction of sp³-hybridized carbons (Fsp3) is 0.789. The van der Waals surface area contributed by atoms with Crippen LogP contribution in [0.3, 0.4) is 0 Å². The van der Waals surface area contributed by atoms with Crippen LogP contribution < -0.4 is 10.6 Å². The summed E-state index contributed by atoms with van der Waals surface area (Å²) >= 11 is 0. The zero-order valence-electron chi connectivity index (χ0n) is 15.9. The number of aromatic nitrogens is 3. The number of nitrogens with zero attached hydrogens (tertiary/aromatic N) is 4. The van der Waals surface area contributed by atoms with Gasteiger partial charge in [-0.3, -0.25) is 14.9 Å². The SMILES string of the molecule is O=C(CC1CC2CCC(C1)N2)Nc1ncn(CC(=O)N2CCCCCC2)n1. The van der Waals surface area contributed by atoms with E-state index in [0.29, 0.717) is 30.4 Å². The normalized spacial score (nSPS) is 28.0. The first-order chi connectivity index (χ1) is 13.2. The van der Waals surface area contributed by atoms with Gasteiger partial charge in [-0.05, 0) is 44.4 Å². The highest BCUT2D eigenvalue weighted by atomic mass is 16.2. The van der Waals surface area contributed by atoms with Crippen molar-refractivity contribution >= 4 is 17.8 Å². The molecule has 4 heterocycles. The molecule has 0 radical (unpaired) electrons. The third kappa shape index (κ3) is 4.86. The molecular formula is C19H30N6O2. The lowest BCUT2D eigenvalue weighted by molar-refractivity contribution is -0.132. The van der Waals surface area contributed by atoms with Crippen molar-refractivity contribution in [1.29, 1.82) is 0 Å². The van der Waals surface area contributed by atoms with Gasteiger partial charge in [0, 0.05) is 31.6 Å². The summed E-state index contributed by atoms with van der Waals surface area (Å²) in [5.41, 5.74) is 0.